The van der Waals surface area contributed by atoms with Gasteiger partial charge < -0.3 is 15.5 Å². The number of alkyl halides is 9. The Morgan fingerprint density at radius 1 is 0.925 bits per heavy atom. The molecular formula is C26H24F9N3O2. The number of Topliss-reactive ketones (excluding diaryl/α,β-unsaturated/α-hetero) is 2. The molecule has 0 spiro atoms. The van der Waals surface area contributed by atoms with Gasteiger partial charge in [0.1, 0.15) is 0 Å². The summed E-state index contributed by atoms with van der Waals surface area (Å²) in [6.45, 7) is 4.73. The Labute approximate surface area is 222 Å². The molecular weight excluding hydrogens is 557 g/mol. The SMILES string of the molecule is FC(F)(F)c1cccc(CNc2cc3c4c(c2)[C@@H]2CNC[C@@H]2CN4CCC3)c1.O=C(C(=O)C(F)(F)F)C(F)(F)F. The lowest BCUT2D eigenvalue weighted by atomic mass is 9.80. The summed E-state index contributed by atoms with van der Waals surface area (Å²) in [6.07, 6.45) is -13.6. The lowest BCUT2D eigenvalue weighted by Gasteiger charge is -2.42. The van der Waals surface area contributed by atoms with E-state index in [9.17, 15) is 49.1 Å². The number of fused-ring (bicyclic) bond motifs is 2. The standard InChI is InChI=1S/C22H24F3N3.C4F6O2/c23-22(24,25)17-5-1-3-14(7-17)10-27-18-8-15-4-2-6-28-13-16-11-26-12-20(16)19(9-18)21(15)28;5-3(6,7)1(11)2(12)4(8,9)10/h1,3,5,7-9,16,20,26-27H,2,4,6,10-13H2;/t16-,20-;/m1./s1. The molecule has 14 heteroatoms. The van der Waals surface area contributed by atoms with Gasteiger partial charge in [0.2, 0.25) is 0 Å². The second-order valence-corrected chi connectivity index (χ2v) is 9.85. The minimum absolute atomic E-state index is 0.387. The minimum Gasteiger partial charge on any atom is -0.381 e. The first-order valence-electron chi connectivity index (χ1n) is 12.3. The fraction of sp³-hybridized carbons (Fsp3) is 0.462. The Bertz CT molecular complexity index is 1250. The predicted octanol–water partition coefficient (Wildman–Crippen LogP) is 5.64. The number of halogens is 9. The summed E-state index contributed by atoms with van der Waals surface area (Å²) in [6, 6.07) is 9.99. The van der Waals surface area contributed by atoms with Crippen LogP contribution in [0.4, 0.5) is 50.9 Å². The fourth-order valence-corrected chi connectivity index (χ4v) is 5.33. The van der Waals surface area contributed by atoms with Crippen LogP contribution in [0.3, 0.4) is 0 Å². The van der Waals surface area contributed by atoms with Crippen molar-refractivity contribution >= 4 is 22.9 Å². The highest BCUT2D eigenvalue weighted by molar-refractivity contribution is 6.41. The number of ketones is 2. The summed E-state index contributed by atoms with van der Waals surface area (Å²) in [5.74, 6) is -5.62. The van der Waals surface area contributed by atoms with Gasteiger partial charge in [-0.1, -0.05) is 12.1 Å². The highest BCUT2D eigenvalue weighted by atomic mass is 19.4. The summed E-state index contributed by atoms with van der Waals surface area (Å²) >= 11 is 0. The third kappa shape index (κ3) is 6.53. The number of nitrogens with one attached hydrogen (secondary N) is 2. The normalized spacial score (nSPS) is 20.2. The smallest absolute Gasteiger partial charge is 0.381 e. The first kappa shape index (κ1) is 29.7. The van der Waals surface area contributed by atoms with Crippen molar-refractivity contribution in [1.82, 2.24) is 5.32 Å². The van der Waals surface area contributed by atoms with Crippen molar-refractivity contribution in [2.24, 2.45) is 5.92 Å². The van der Waals surface area contributed by atoms with E-state index in [0.717, 1.165) is 50.8 Å². The molecule has 40 heavy (non-hydrogen) atoms. The second kappa shape index (κ2) is 10.9. The molecule has 2 atom stereocenters. The van der Waals surface area contributed by atoms with Crippen LogP contribution in [0.2, 0.25) is 0 Å². The molecule has 0 aromatic heterocycles. The number of carbonyl (C=O) groups is 2. The van der Waals surface area contributed by atoms with Crippen molar-refractivity contribution in [2.75, 3.05) is 36.4 Å². The number of aryl methyl sites for hydroxylation is 1. The zero-order chi connectivity index (χ0) is 29.5. The Kier molecular flexibility index (Phi) is 8.12. The molecule has 3 aliphatic heterocycles. The van der Waals surface area contributed by atoms with Gasteiger partial charge in [-0.3, -0.25) is 9.59 Å². The largest absolute Gasteiger partial charge is 0.458 e. The zero-order valence-corrected chi connectivity index (χ0v) is 20.7. The number of hydrogen-bond donors (Lipinski definition) is 2. The number of rotatable bonds is 4. The van der Waals surface area contributed by atoms with Crippen LogP contribution in [0.1, 0.15) is 34.6 Å². The van der Waals surface area contributed by atoms with Gasteiger partial charge in [0.25, 0.3) is 0 Å². The van der Waals surface area contributed by atoms with Crippen LogP contribution in [0.25, 0.3) is 0 Å². The molecule has 1 saturated heterocycles. The highest BCUT2D eigenvalue weighted by Gasteiger charge is 2.54. The lowest BCUT2D eigenvalue weighted by molar-refractivity contribution is -0.193. The number of nitrogens with zero attached hydrogens (tertiary/aromatic N) is 1. The Hall–Kier alpha value is -3.29. The van der Waals surface area contributed by atoms with Crippen LogP contribution in [0.5, 0.6) is 0 Å². The number of anilines is 2. The van der Waals surface area contributed by atoms with Gasteiger partial charge in [0.05, 0.1) is 5.56 Å². The van der Waals surface area contributed by atoms with Crippen LogP contribution in [0, 0.1) is 5.92 Å². The van der Waals surface area contributed by atoms with Crippen LogP contribution < -0.4 is 15.5 Å². The Morgan fingerprint density at radius 2 is 1.60 bits per heavy atom. The van der Waals surface area contributed by atoms with Crippen LogP contribution in [-0.4, -0.2) is 50.1 Å². The first-order chi connectivity index (χ1) is 18.6. The van der Waals surface area contributed by atoms with E-state index in [0.29, 0.717) is 23.9 Å². The molecule has 0 unspecified atom stereocenters. The molecule has 5 nitrogen and oxygen atoms in total. The van der Waals surface area contributed by atoms with Gasteiger partial charge >= 0.3 is 30.1 Å². The maximum absolute atomic E-state index is 13.0. The van der Waals surface area contributed by atoms with Crippen molar-refractivity contribution < 1.29 is 49.1 Å². The third-order valence-electron chi connectivity index (χ3n) is 7.07. The number of hydrogen-bond acceptors (Lipinski definition) is 5. The van der Waals surface area contributed by atoms with Crippen molar-refractivity contribution in [2.45, 2.75) is 43.8 Å². The molecule has 1 fully saturated rings. The van der Waals surface area contributed by atoms with E-state index in [4.69, 9.17) is 0 Å². The average molecular weight is 581 g/mol. The maximum atomic E-state index is 13.0. The third-order valence-corrected chi connectivity index (χ3v) is 7.07. The van der Waals surface area contributed by atoms with E-state index in [1.54, 1.807) is 6.07 Å². The molecule has 0 amide bonds. The molecule has 3 heterocycles. The van der Waals surface area contributed by atoms with Crippen molar-refractivity contribution in [1.29, 1.82) is 0 Å². The maximum Gasteiger partial charge on any atom is 0.458 e. The summed E-state index contributed by atoms with van der Waals surface area (Å²) in [7, 11) is 0. The first-order valence-corrected chi connectivity index (χ1v) is 12.3. The minimum atomic E-state index is -5.77. The predicted molar refractivity (Wildman–Crippen MR) is 127 cm³/mol. The highest BCUT2D eigenvalue weighted by Crippen LogP contribution is 2.45. The zero-order valence-electron chi connectivity index (χ0n) is 20.7. The lowest BCUT2D eigenvalue weighted by Crippen LogP contribution is -2.41. The molecule has 0 bridgehead atoms. The van der Waals surface area contributed by atoms with Crippen LogP contribution in [-0.2, 0) is 28.7 Å². The molecule has 2 aromatic rings. The number of benzene rings is 2. The van der Waals surface area contributed by atoms with Gasteiger partial charge in [-0.15, -0.1) is 0 Å². The molecule has 0 saturated carbocycles. The van der Waals surface area contributed by atoms with Crippen molar-refractivity contribution in [3.63, 3.8) is 0 Å². The van der Waals surface area contributed by atoms with Gasteiger partial charge in [-0.25, -0.2) is 0 Å². The summed E-state index contributed by atoms with van der Waals surface area (Å²) in [5, 5.41) is 6.91. The van der Waals surface area contributed by atoms with E-state index in [1.807, 2.05) is 0 Å². The molecule has 2 aromatic carbocycles. The summed E-state index contributed by atoms with van der Waals surface area (Å²) < 4.78 is 106. The average Bonchev–Trinajstić information content (AvgIpc) is 3.34. The second-order valence-electron chi connectivity index (χ2n) is 9.85. The monoisotopic (exact) mass is 581 g/mol. The van der Waals surface area contributed by atoms with Gasteiger partial charge in [0, 0.05) is 50.0 Å². The van der Waals surface area contributed by atoms with Gasteiger partial charge in [-0.05, 0) is 59.7 Å². The van der Waals surface area contributed by atoms with Crippen LogP contribution >= 0.6 is 0 Å². The molecule has 0 radical (unpaired) electrons. The Balaban J connectivity index is 0.000000263. The van der Waals surface area contributed by atoms with Gasteiger partial charge in [-0.2, -0.15) is 39.5 Å². The van der Waals surface area contributed by atoms with Crippen LogP contribution in [0.15, 0.2) is 36.4 Å². The quantitative estimate of drug-likeness (QED) is 0.362. The van der Waals surface area contributed by atoms with E-state index < -0.39 is 35.7 Å². The molecule has 218 valence electrons. The molecule has 0 aliphatic carbocycles. The Morgan fingerprint density at radius 3 is 2.23 bits per heavy atom. The van der Waals surface area contributed by atoms with Crippen molar-refractivity contribution in [3.8, 4) is 0 Å². The van der Waals surface area contributed by atoms with E-state index in [2.05, 4.69) is 27.7 Å². The van der Waals surface area contributed by atoms with Crippen molar-refractivity contribution in [3.05, 3.63) is 58.7 Å². The summed E-state index contributed by atoms with van der Waals surface area (Å²) in [5.41, 5.74) is 5.26. The van der Waals surface area contributed by atoms with E-state index in [1.165, 1.54) is 28.9 Å². The molecule has 2 N–H and O–H groups in total. The van der Waals surface area contributed by atoms with E-state index >= 15 is 0 Å². The fourth-order valence-electron chi connectivity index (χ4n) is 5.33. The van der Waals surface area contributed by atoms with Gasteiger partial charge in [0.15, 0.2) is 0 Å². The summed E-state index contributed by atoms with van der Waals surface area (Å²) in [4.78, 5) is 21.8. The number of carbonyl (C=O) groups excluding carboxylic acids is 2. The molecule has 5 rings (SSSR count). The topological polar surface area (TPSA) is 61.4 Å². The van der Waals surface area contributed by atoms with E-state index in [-0.39, 0.29) is 0 Å². The molecule has 3 aliphatic rings.